The van der Waals surface area contributed by atoms with Crippen LogP contribution in [0.15, 0.2) is 115 Å². The van der Waals surface area contributed by atoms with Crippen LogP contribution in [0.3, 0.4) is 0 Å². The first-order valence-electron chi connectivity index (χ1n) is 18.5. The smallest absolute Gasteiger partial charge is 0.258 e. The van der Waals surface area contributed by atoms with E-state index < -0.39 is 0 Å². The van der Waals surface area contributed by atoms with E-state index in [1.165, 1.54) is 4.90 Å². The van der Waals surface area contributed by atoms with Crippen LogP contribution in [0.4, 0.5) is 17.1 Å². The molecule has 0 atom stereocenters. The molecule has 3 aliphatic rings. The van der Waals surface area contributed by atoms with Crippen molar-refractivity contribution < 1.29 is 28.7 Å². The Morgan fingerprint density at radius 3 is 2.22 bits per heavy atom. The molecule has 0 bridgehead atoms. The van der Waals surface area contributed by atoms with Crippen molar-refractivity contribution in [1.29, 1.82) is 0 Å². The summed E-state index contributed by atoms with van der Waals surface area (Å²) in [6.45, 7) is 5.55. The quantitative estimate of drug-likeness (QED) is 0.197. The van der Waals surface area contributed by atoms with Crippen LogP contribution in [0.1, 0.15) is 38.3 Å². The fourth-order valence-electron chi connectivity index (χ4n) is 7.31. The summed E-state index contributed by atoms with van der Waals surface area (Å²) in [7, 11) is 0. The number of amides is 4. The normalized spacial score (nSPS) is 15.4. The molecular formula is C44H41N5O6. The van der Waals surface area contributed by atoms with Crippen LogP contribution in [0, 0.1) is 6.92 Å². The number of carbonyl (C=O) groups is 4. The molecule has 0 saturated carbocycles. The second-order valence-electron chi connectivity index (χ2n) is 14.0. The van der Waals surface area contributed by atoms with E-state index >= 15 is 0 Å². The molecule has 5 aromatic rings. The number of hydrogen-bond donors (Lipinski definition) is 1. The lowest BCUT2D eigenvalue weighted by atomic mass is 9.98. The second kappa shape index (κ2) is 15.5. The first kappa shape index (κ1) is 35.6. The lowest BCUT2D eigenvalue weighted by Gasteiger charge is -2.36. The van der Waals surface area contributed by atoms with Gasteiger partial charge in [-0.3, -0.25) is 24.1 Å². The average Bonchev–Trinajstić information content (AvgIpc) is 3.64. The molecule has 1 saturated heterocycles. The number of ether oxygens (including phenoxy) is 2. The number of aryl methyl sites for hydroxylation is 1. The van der Waals surface area contributed by atoms with Crippen LogP contribution in [0.25, 0.3) is 11.1 Å². The SMILES string of the molecule is Cc1ccc(-c2ccccc2C(=O)Nc2ccc(C(=O)N3CCC(=O)N(CC(=O)N4CCN(Cc5ccc6c(c5)OCO6)CC4)c4ccccc43)cc2)cc1. The maximum Gasteiger partial charge on any atom is 0.258 e. The summed E-state index contributed by atoms with van der Waals surface area (Å²) in [6.07, 6.45) is 0.0611. The topological polar surface area (TPSA) is 112 Å². The lowest BCUT2D eigenvalue weighted by Crippen LogP contribution is -2.51. The third-order valence-corrected chi connectivity index (χ3v) is 10.3. The van der Waals surface area contributed by atoms with Gasteiger partial charge in [0.1, 0.15) is 6.54 Å². The van der Waals surface area contributed by atoms with Gasteiger partial charge in [-0.2, -0.15) is 0 Å². The number of anilines is 3. The molecule has 11 nitrogen and oxygen atoms in total. The van der Waals surface area contributed by atoms with Crippen molar-refractivity contribution >= 4 is 40.7 Å². The number of benzene rings is 5. The Kier molecular flexibility index (Phi) is 10.0. The molecular weight excluding hydrogens is 695 g/mol. The van der Waals surface area contributed by atoms with Crippen molar-refractivity contribution in [3.05, 3.63) is 138 Å². The van der Waals surface area contributed by atoms with E-state index in [1.54, 1.807) is 58.3 Å². The van der Waals surface area contributed by atoms with E-state index in [0.717, 1.165) is 40.3 Å². The molecule has 1 N–H and O–H groups in total. The number of nitrogens with one attached hydrogen (secondary N) is 1. The van der Waals surface area contributed by atoms with Crippen molar-refractivity contribution in [2.75, 3.05) is 61.2 Å². The molecule has 3 heterocycles. The van der Waals surface area contributed by atoms with E-state index in [-0.39, 0.29) is 49.9 Å². The van der Waals surface area contributed by atoms with E-state index in [0.29, 0.717) is 54.4 Å². The van der Waals surface area contributed by atoms with Gasteiger partial charge in [0, 0.05) is 62.5 Å². The summed E-state index contributed by atoms with van der Waals surface area (Å²) in [4.78, 5) is 61.8. The van der Waals surface area contributed by atoms with Crippen LogP contribution in [0.5, 0.6) is 11.5 Å². The molecule has 278 valence electrons. The number of nitrogens with zero attached hydrogens (tertiary/aromatic N) is 4. The fourth-order valence-corrected chi connectivity index (χ4v) is 7.31. The summed E-state index contributed by atoms with van der Waals surface area (Å²) in [5.41, 5.74) is 6.60. The minimum atomic E-state index is -0.283. The van der Waals surface area contributed by atoms with Gasteiger partial charge in [-0.25, -0.2) is 0 Å². The van der Waals surface area contributed by atoms with Crippen molar-refractivity contribution in [2.24, 2.45) is 0 Å². The maximum atomic E-state index is 14.0. The Labute approximate surface area is 319 Å². The second-order valence-corrected chi connectivity index (χ2v) is 14.0. The van der Waals surface area contributed by atoms with Gasteiger partial charge < -0.3 is 29.5 Å². The van der Waals surface area contributed by atoms with Crippen molar-refractivity contribution in [3.8, 4) is 22.6 Å². The van der Waals surface area contributed by atoms with Gasteiger partial charge in [0.2, 0.25) is 18.6 Å². The Balaban J connectivity index is 0.913. The molecule has 11 heteroatoms. The number of para-hydroxylation sites is 2. The predicted octanol–water partition coefficient (Wildman–Crippen LogP) is 6.37. The van der Waals surface area contributed by atoms with Crippen LogP contribution in [-0.4, -0.2) is 79.5 Å². The first-order valence-corrected chi connectivity index (χ1v) is 18.5. The monoisotopic (exact) mass is 735 g/mol. The highest BCUT2D eigenvalue weighted by atomic mass is 16.7. The lowest BCUT2D eigenvalue weighted by molar-refractivity contribution is -0.133. The van der Waals surface area contributed by atoms with Crippen molar-refractivity contribution in [2.45, 2.75) is 19.9 Å². The zero-order valence-electron chi connectivity index (χ0n) is 30.6. The first-order chi connectivity index (χ1) is 26.8. The third kappa shape index (κ3) is 7.65. The minimum absolute atomic E-state index is 0.0611. The molecule has 3 aliphatic heterocycles. The summed E-state index contributed by atoms with van der Waals surface area (Å²) < 4.78 is 10.9. The van der Waals surface area contributed by atoms with Crippen molar-refractivity contribution in [1.82, 2.24) is 9.80 Å². The zero-order chi connectivity index (χ0) is 37.9. The Morgan fingerprint density at radius 1 is 0.727 bits per heavy atom. The van der Waals surface area contributed by atoms with E-state index in [2.05, 4.69) is 10.2 Å². The van der Waals surface area contributed by atoms with Gasteiger partial charge in [0.15, 0.2) is 11.5 Å². The Morgan fingerprint density at radius 2 is 1.44 bits per heavy atom. The molecule has 0 unspecified atom stereocenters. The largest absolute Gasteiger partial charge is 0.454 e. The van der Waals surface area contributed by atoms with Crippen LogP contribution in [0.2, 0.25) is 0 Å². The molecule has 0 aromatic heterocycles. The molecule has 4 amide bonds. The maximum absolute atomic E-state index is 14.0. The van der Waals surface area contributed by atoms with Gasteiger partial charge in [-0.05, 0) is 78.2 Å². The summed E-state index contributed by atoms with van der Waals surface area (Å²) in [5.74, 6) is 0.614. The highest BCUT2D eigenvalue weighted by Crippen LogP contribution is 2.35. The fraction of sp³-hybridized carbons (Fsp3) is 0.227. The molecule has 0 aliphatic carbocycles. The van der Waals surface area contributed by atoms with E-state index in [1.807, 2.05) is 73.7 Å². The standard InChI is InChI=1S/C44H41N5O6/c1-30-10-13-32(14-11-30)35-6-2-3-7-36(35)43(52)45-34-17-15-33(16-18-34)44(53)48-21-20-41(50)49(38-9-5-4-8-37(38)48)28-42(51)47-24-22-46(23-25-47)27-31-12-19-39-40(26-31)55-29-54-39/h2-19,26H,20-25,27-29H2,1H3,(H,45,52). The van der Waals surface area contributed by atoms with Gasteiger partial charge in [-0.1, -0.05) is 66.2 Å². The van der Waals surface area contributed by atoms with Gasteiger partial charge in [0.05, 0.1) is 11.4 Å². The molecule has 0 radical (unpaired) electrons. The van der Waals surface area contributed by atoms with Crippen LogP contribution in [-0.2, 0) is 16.1 Å². The minimum Gasteiger partial charge on any atom is -0.454 e. The van der Waals surface area contributed by atoms with E-state index in [9.17, 15) is 19.2 Å². The molecule has 8 rings (SSSR count). The number of rotatable bonds is 8. The number of piperazine rings is 1. The van der Waals surface area contributed by atoms with Crippen LogP contribution < -0.4 is 24.6 Å². The number of carbonyl (C=O) groups excluding carboxylic acids is 4. The third-order valence-electron chi connectivity index (χ3n) is 10.3. The molecule has 55 heavy (non-hydrogen) atoms. The predicted molar refractivity (Wildman–Crippen MR) is 211 cm³/mol. The molecule has 1 fully saturated rings. The zero-order valence-corrected chi connectivity index (χ0v) is 30.6. The molecule has 5 aromatic carbocycles. The Hall–Kier alpha value is -6.46. The Bertz CT molecular complexity index is 2250. The highest BCUT2D eigenvalue weighted by molar-refractivity contribution is 6.13. The van der Waals surface area contributed by atoms with Crippen LogP contribution >= 0.6 is 0 Å². The molecule has 0 spiro atoms. The highest BCUT2D eigenvalue weighted by Gasteiger charge is 2.32. The van der Waals surface area contributed by atoms with Gasteiger partial charge >= 0.3 is 0 Å². The number of fused-ring (bicyclic) bond motifs is 2. The summed E-state index contributed by atoms with van der Waals surface area (Å²) in [5, 5.41) is 2.97. The summed E-state index contributed by atoms with van der Waals surface area (Å²) in [6, 6.07) is 35.4. The van der Waals surface area contributed by atoms with Gasteiger partial charge in [-0.15, -0.1) is 0 Å². The van der Waals surface area contributed by atoms with E-state index in [4.69, 9.17) is 9.47 Å². The summed E-state index contributed by atoms with van der Waals surface area (Å²) >= 11 is 0. The number of hydrogen-bond acceptors (Lipinski definition) is 7. The van der Waals surface area contributed by atoms with Gasteiger partial charge in [0.25, 0.3) is 11.8 Å². The average molecular weight is 736 g/mol. The van der Waals surface area contributed by atoms with Crippen molar-refractivity contribution in [3.63, 3.8) is 0 Å².